The summed E-state index contributed by atoms with van der Waals surface area (Å²) in [7, 11) is 0. The van der Waals surface area contributed by atoms with Crippen molar-refractivity contribution in [3.05, 3.63) is 17.3 Å². The van der Waals surface area contributed by atoms with Crippen molar-refractivity contribution in [1.29, 1.82) is 0 Å². The number of nitrogens with zero attached hydrogens (tertiary/aromatic N) is 2. The van der Waals surface area contributed by atoms with Gasteiger partial charge in [-0.15, -0.1) is 0 Å². The second-order valence-corrected chi connectivity index (χ2v) is 3.70. The molecule has 1 aliphatic rings. The molecule has 1 saturated heterocycles. The Morgan fingerprint density at radius 3 is 2.93 bits per heavy atom. The van der Waals surface area contributed by atoms with Gasteiger partial charge >= 0.3 is 0 Å². The number of hydrogen-bond donors (Lipinski definition) is 1. The molecular weight excluding hydrogens is 221 g/mol. The summed E-state index contributed by atoms with van der Waals surface area (Å²) in [5.41, 5.74) is 0. The smallest absolute Gasteiger partial charge is 0.224 e. The van der Waals surface area contributed by atoms with Crippen molar-refractivity contribution in [2.45, 2.75) is 18.9 Å². The molecule has 2 rings (SSSR count). The average molecular weight is 232 g/mol. The highest BCUT2D eigenvalue weighted by Gasteiger charge is 2.16. The van der Waals surface area contributed by atoms with E-state index in [9.17, 15) is 4.39 Å². The predicted molar refractivity (Wildman–Crippen MR) is 54.5 cm³/mol. The molecule has 0 saturated carbocycles. The van der Waals surface area contributed by atoms with Gasteiger partial charge in [-0.2, -0.15) is 4.98 Å². The van der Waals surface area contributed by atoms with E-state index in [1.807, 2.05) is 0 Å². The number of halogens is 2. The molecule has 1 fully saturated rings. The largest absolute Gasteiger partial charge is 0.381 e. The molecule has 1 aromatic rings. The maximum atomic E-state index is 13.2. The van der Waals surface area contributed by atoms with Crippen LogP contribution in [-0.4, -0.2) is 29.2 Å². The molecular formula is C9H11ClFN3O. The van der Waals surface area contributed by atoms with Gasteiger partial charge in [0.1, 0.15) is 0 Å². The van der Waals surface area contributed by atoms with E-state index in [4.69, 9.17) is 16.3 Å². The first kappa shape index (κ1) is 10.6. The summed E-state index contributed by atoms with van der Waals surface area (Å²) >= 11 is 5.58. The summed E-state index contributed by atoms with van der Waals surface area (Å²) in [6.45, 7) is 1.39. The van der Waals surface area contributed by atoms with E-state index in [0.717, 1.165) is 19.0 Å². The Labute approximate surface area is 91.8 Å². The highest BCUT2D eigenvalue weighted by molar-refractivity contribution is 6.28. The second kappa shape index (κ2) is 4.72. The summed E-state index contributed by atoms with van der Waals surface area (Å²) in [6, 6.07) is 0.194. The number of anilines is 1. The summed E-state index contributed by atoms with van der Waals surface area (Å²) in [5, 5.41) is 3.05. The van der Waals surface area contributed by atoms with Crippen LogP contribution in [-0.2, 0) is 4.74 Å². The standard InChI is InChI=1S/C9H11ClFN3O/c10-9-12-5-7(11)8(14-9)13-6-1-3-15-4-2-6/h5-6H,1-4H2,(H,12,13,14). The first-order valence-corrected chi connectivity index (χ1v) is 5.16. The summed E-state index contributed by atoms with van der Waals surface area (Å²) in [6.07, 6.45) is 2.76. The lowest BCUT2D eigenvalue weighted by Gasteiger charge is -2.23. The van der Waals surface area contributed by atoms with Gasteiger partial charge in [-0.05, 0) is 24.4 Å². The van der Waals surface area contributed by atoms with Crippen molar-refractivity contribution in [3.63, 3.8) is 0 Å². The Hall–Kier alpha value is -0.940. The van der Waals surface area contributed by atoms with Crippen LogP contribution in [0, 0.1) is 5.82 Å². The Balaban J connectivity index is 2.05. The molecule has 0 amide bonds. The van der Waals surface area contributed by atoms with Gasteiger partial charge in [0.05, 0.1) is 6.20 Å². The third kappa shape index (κ3) is 2.76. The first-order chi connectivity index (χ1) is 7.25. The minimum absolute atomic E-state index is 0.0472. The molecule has 1 aromatic heterocycles. The molecule has 6 heteroatoms. The van der Waals surface area contributed by atoms with Crippen LogP contribution in [0.5, 0.6) is 0 Å². The zero-order valence-electron chi connectivity index (χ0n) is 8.04. The topological polar surface area (TPSA) is 47.0 Å². The lowest BCUT2D eigenvalue weighted by molar-refractivity contribution is 0.0903. The molecule has 82 valence electrons. The van der Waals surface area contributed by atoms with Gasteiger partial charge in [0.25, 0.3) is 0 Å². The van der Waals surface area contributed by atoms with Gasteiger partial charge in [-0.3, -0.25) is 0 Å². The van der Waals surface area contributed by atoms with Crippen LogP contribution in [0.15, 0.2) is 6.20 Å². The number of rotatable bonds is 2. The van der Waals surface area contributed by atoms with E-state index < -0.39 is 5.82 Å². The third-order valence-electron chi connectivity index (χ3n) is 2.28. The van der Waals surface area contributed by atoms with Crippen molar-refractivity contribution >= 4 is 17.4 Å². The molecule has 0 bridgehead atoms. The number of aromatic nitrogens is 2. The Morgan fingerprint density at radius 2 is 2.20 bits per heavy atom. The van der Waals surface area contributed by atoms with Crippen LogP contribution in [0.25, 0.3) is 0 Å². The summed E-state index contributed by atoms with van der Waals surface area (Å²) < 4.78 is 18.4. The van der Waals surface area contributed by atoms with Gasteiger partial charge in [0.2, 0.25) is 5.28 Å². The maximum absolute atomic E-state index is 13.2. The van der Waals surface area contributed by atoms with E-state index in [0.29, 0.717) is 13.2 Å². The quantitative estimate of drug-likeness (QED) is 0.790. The van der Waals surface area contributed by atoms with E-state index in [-0.39, 0.29) is 17.1 Å². The SMILES string of the molecule is Fc1cnc(Cl)nc1NC1CCOCC1. The molecule has 0 atom stereocenters. The van der Waals surface area contributed by atoms with Gasteiger partial charge in [-0.1, -0.05) is 0 Å². The van der Waals surface area contributed by atoms with Gasteiger partial charge in [0.15, 0.2) is 11.6 Å². The molecule has 4 nitrogen and oxygen atoms in total. The molecule has 0 aromatic carbocycles. The van der Waals surface area contributed by atoms with Crippen LogP contribution < -0.4 is 5.32 Å². The minimum Gasteiger partial charge on any atom is -0.381 e. The molecule has 0 unspecified atom stereocenters. The van der Waals surface area contributed by atoms with E-state index in [2.05, 4.69) is 15.3 Å². The van der Waals surface area contributed by atoms with E-state index >= 15 is 0 Å². The fourth-order valence-corrected chi connectivity index (χ4v) is 1.62. The van der Waals surface area contributed by atoms with Crippen molar-refractivity contribution in [2.24, 2.45) is 0 Å². The molecule has 2 heterocycles. The van der Waals surface area contributed by atoms with Gasteiger partial charge < -0.3 is 10.1 Å². The maximum Gasteiger partial charge on any atom is 0.224 e. The first-order valence-electron chi connectivity index (χ1n) is 4.78. The number of ether oxygens (including phenoxy) is 1. The zero-order chi connectivity index (χ0) is 10.7. The van der Waals surface area contributed by atoms with Crippen molar-refractivity contribution in [3.8, 4) is 0 Å². The summed E-state index contributed by atoms with van der Waals surface area (Å²) in [4.78, 5) is 7.34. The molecule has 1 N–H and O–H groups in total. The molecule has 0 radical (unpaired) electrons. The lowest BCUT2D eigenvalue weighted by atomic mass is 10.1. The van der Waals surface area contributed by atoms with Crippen molar-refractivity contribution in [1.82, 2.24) is 9.97 Å². The van der Waals surface area contributed by atoms with Crippen LogP contribution in [0.1, 0.15) is 12.8 Å². The average Bonchev–Trinajstić information content (AvgIpc) is 2.25. The highest BCUT2D eigenvalue weighted by Crippen LogP contribution is 2.17. The number of nitrogens with one attached hydrogen (secondary N) is 1. The molecule has 1 aliphatic heterocycles. The van der Waals surface area contributed by atoms with Gasteiger partial charge in [-0.25, -0.2) is 9.37 Å². The molecule has 0 spiro atoms. The van der Waals surface area contributed by atoms with Crippen molar-refractivity contribution < 1.29 is 9.13 Å². The Kier molecular flexibility index (Phi) is 3.33. The van der Waals surface area contributed by atoms with Crippen LogP contribution >= 0.6 is 11.6 Å². The van der Waals surface area contributed by atoms with Crippen LogP contribution in [0.3, 0.4) is 0 Å². The highest BCUT2D eigenvalue weighted by atomic mass is 35.5. The monoisotopic (exact) mass is 231 g/mol. The van der Waals surface area contributed by atoms with Gasteiger partial charge in [0, 0.05) is 19.3 Å². The fourth-order valence-electron chi connectivity index (χ4n) is 1.48. The predicted octanol–water partition coefficient (Wildman–Crippen LogP) is 1.86. The summed E-state index contributed by atoms with van der Waals surface area (Å²) in [5.74, 6) is -0.312. The molecule has 15 heavy (non-hydrogen) atoms. The molecule has 0 aliphatic carbocycles. The van der Waals surface area contributed by atoms with Crippen LogP contribution in [0.4, 0.5) is 10.2 Å². The van der Waals surface area contributed by atoms with E-state index in [1.54, 1.807) is 0 Å². The Bertz CT molecular complexity index is 344. The van der Waals surface area contributed by atoms with E-state index in [1.165, 1.54) is 0 Å². The van der Waals surface area contributed by atoms with Crippen molar-refractivity contribution in [2.75, 3.05) is 18.5 Å². The second-order valence-electron chi connectivity index (χ2n) is 3.37. The normalized spacial score (nSPS) is 17.7. The van der Waals surface area contributed by atoms with Crippen LogP contribution in [0.2, 0.25) is 5.28 Å². The number of hydrogen-bond acceptors (Lipinski definition) is 4. The minimum atomic E-state index is -0.481. The fraction of sp³-hybridized carbons (Fsp3) is 0.556. The zero-order valence-corrected chi connectivity index (χ0v) is 8.80. The third-order valence-corrected chi connectivity index (χ3v) is 2.46. The Morgan fingerprint density at radius 1 is 1.47 bits per heavy atom. The lowest BCUT2D eigenvalue weighted by Crippen LogP contribution is -2.28.